The largest absolute Gasteiger partial charge is 0.310 e. The molecule has 2 heteroatoms. The van der Waals surface area contributed by atoms with Crippen molar-refractivity contribution in [2.45, 2.75) is 5.41 Å². The summed E-state index contributed by atoms with van der Waals surface area (Å²) < 4.78 is 0. The van der Waals surface area contributed by atoms with Gasteiger partial charge in [-0.15, -0.1) is 0 Å². The van der Waals surface area contributed by atoms with E-state index >= 15 is 0 Å². The summed E-state index contributed by atoms with van der Waals surface area (Å²) >= 11 is 0. The van der Waals surface area contributed by atoms with E-state index in [9.17, 15) is 0 Å². The van der Waals surface area contributed by atoms with Crippen LogP contribution in [-0.4, -0.2) is 0 Å². The summed E-state index contributed by atoms with van der Waals surface area (Å²) in [4.78, 5) is 4.85. The summed E-state index contributed by atoms with van der Waals surface area (Å²) in [5.74, 6) is 0. The monoisotopic (exact) mass is 980 g/mol. The lowest BCUT2D eigenvalue weighted by molar-refractivity contribution is 0.768. The molecule has 0 atom stereocenters. The fourth-order valence-corrected chi connectivity index (χ4v) is 12.2. The minimum atomic E-state index is -0.555. The van der Waals surface area contributed by atoms with E-state index in [1.54, 1.807) is 0 Å². The lowest BCUT2D eigenvalue weighted by Crippen LogP contribution is -2.28. The van der Waals surface area contributed by atoms with Gasteiger partial charge in [-0.05, 0) is 156 Å². The molecule has 2 nitrogen and oxygen atoms in total. The van der Waals surface area contributed by atoms with Crippen molar-refractivity contribution in [1.82, 2.24) is 0 Å². The van der Waals surface area contributed by atoms with E-state index in [-0.39, 0.29) is 0 Å². The second-order valence-corrected chi connectivity index (χ2v) is 20.0. The Bertz CT molecular complexity index is 4220. The second-order valence-electron chi connectivity index (χ2n) is 20.0. The first-order valence-corrected chi connectivity index (χ1v) is 26.6. The molecule has 0 unspecified atom stereocenters. The average molecular weight is 981 g/mol. The first kappa shape index (κ1) is 45.6. The van der Waals surface area contributed by atoms with Crippen LogP contribution >= 0.6 is 0 Å². The number of benzene rings is 13. The van der Waals surface area contributed by atoms with Crippen molar-refractivity contribution < 1.29 is 0 Å². The third kappa shape index (κ3) is 7.98. The van der Waals surface area contributed by atoms with Gasteiger partial charge in [0.25, 0.3) is 0 Å². The Labute approximate surface area is 450 Å². The summed E-state index contributed by atoms with van der Waals surface area (Å²) in [6, 6.07) is 116. The maximum atomic E-state index is 2.49. The molecule has 0 amide bonds. The molecule has 362 valence electrons. The Kier molecular flexibility index (Phi) is 11.5. The topological polar surface area (TPSA) is 6.48 Å². The molecule has 14 rings (SSSR count). The normalized spacial score (nSPS) is 12.3. The van der Waals surface area contributed by atoms with Crippen LogP contribution in [0.25, 0.3) is 66.1 Å². The smallest absolute Gasteiger partial charge is 0.0714 e. The van der Waals surface area contributed by atoms with Gasteiger partial charge in [-0.25, -0.2) is 0 Å². The molecule has 0 radical (unpaired) electrons. The molecule has 0 aliphatic heterocycles. The Morgan fingerprint density at radius 1 is 0.208 bits per heavy atom. The highest BCUT2D eigenvalue weighted by atomic mass is 15.1. The molecule has 13 aromatic rings. The molecule has 0 aromatic heterocycles. The van der Waals surface area contributed by atoms with Gasteiger partial charge in [-0.2, -0.15) is 0 Å². The van der Waals surface area contributed by atoms with Crippen molar-refractivity contribution in [3.63, 3.8) is 0 Å². The van der Waals surface area contributed by atoms with E-state index < -0.39 is 5.41 Å². The van der Waals surface area contributed by atoms with Gasteiger partial charge in [0.15, 0.2) is 0 Å². The van der Waals surface area contributed by atoms with E-state index in [1.807, 2.05) is 0 Å². The average Bonchev–Trinajstić information content (AvgIpc) is 3.83. The molecule has 13 aromatic carbocycles. The highest BCUT2D eigenvalue weighted by Crippen LogP contribution is 2.58. The molecule has 0 bridgehead atoms. The Balaban J connectivity index is 0.931. The van der Waals surface area contributed by atoms with Crippen molar-refractivity contribution in [2.24, 2.45) is 0 Å². The zero-order valence-electron chi connectivity index (χ0n) is 42.4. The summed E-state index contributed by atoms with van der Waals surface area (Å²) in [5.41, 5.74) is 20.5. The molecule has 0 spiro atoms. The van der Waals surface area contributed by atoms with Crippen LogP contribution in [0.15, 0.2) is 315 Å². The van der Waals surface area contributed by atoms with E-state index in [0.717, 1.165) is 56.4 Å². The predicted octanol–water partition coefficient (Wildman–Crippen LogP) is 20.3. The summed E-state index contributed by atoms with van der Waals surface area (Å²) in [5, 5.41) is 4.82. The van der Waals surface area contributed by atoms with Crippen molar-refractivity contribution in [2.75, 3.05) is 9.80 Å². The fraction of sp³-hybridized carbons (Fsp3) is 0.0133. The summed E-state index contributed by atoms with van der Waals surface area (Å²) in [6.07, 6.45) is 0. The molecule has 0 heterocycles. The lowest BCUT2D eigenvalue weighted by atomic mass is 9.67. The Hall–Kier alpha value is -10.0. The van der Waals surface area contributed by atoms with E-state index in [0.29, 0.717) is 0 Å². The van der Waals surface area contributed by atoms with Gasteiger partial charge in [0.2, 0.25) is 0 Å². The molecular formula is C75H52N2. The Morgan fingerprint density at radius 3 is 1.34 bits per heavy atom. The number of para-hydroxylation sites is 1. The molecule has 0 N–H and O–H groups in total. The molecule has 77 heavy (non-hydrogen) atoms. The molecule has 0 fully saturated rings. The Morgan fingerprint density at radius 2 is 0.649 bits per heavy atom. The minimum absolute atomic E-state index is 0.555. The third-order valence-electron chi connectivity index (χ3n) is 15.7. The number of hydrogen-bond donors (Lipinski definition) is 0. The molecule has 1 aliphatic rings. The zero-order valence-corrected chi connectivity index (χ0v) is 42.4. The van der Waals surface area contributed by atoms with Gasteiger partial charge in [0.1, 0.15) is 0 Å². The van der Waals surface area contributed by atoms with Crippen LogP contribution in [0.2, 0.25) is 0 Å². The zero-order chi connectivity index (χ0) is 51.1. The molecule has 0 saturated carbocycles. The molecular weight excluding hydrogens is 929 g/mol. The predicted molar refractivity (Wildman–Crippen MR) is 324 cm³/mol. The standard InChI is InChI=1S/C75H52N2/c1-5-23-54(24-6-1)71-50-57-26-15-16-27-58(57)51-74(71)77(66-46-47-70-69-38-19-20-39-72(69)75(73(70)52-66,60-29-7-2-8-30-60)61-31-9-3-10-32-61)63-43-41-55(42-44-63)67-36-17-18-37-68(67)59-28-21-35-64(49-59)76(62-33-11-4-12-34-62)65-45-40-53-22-13-14-25-56(53)48-65/h1-52H. The van der Waals surface area contributed by atoms with Crippen LogP contribution in [0, 0.1) is 0 Å². The maximum Gasteiger partial charge on any atom is 0.0714 e. The van der Waals surface area contributed by atoms with Crippen molar-refractivity contribution >= 4 is 55.7 Å². The lowest BCUT2D eigenvalue weighted by Gasteiger charge is -2.35. The van der Waals surface area contributed by atoms with E-state index in [1.165, 1.54) is 66.1 Å². The van der Waals surface area contributed by atoms with Gasteiger partial charge >= 0.3 is 0 Å². The van der Waals surface area contributed by atoms with Crippen LogP contribution < -0.4 is 9.80 Å². The second kappa shape index (κ2) is 19.4. The van der Waals surface area contributed by atoms with Crippen LogP contribution in [0.4, 0.5) is 34.1 Å². The number of rotatable bonds is 11. The van der Waals surface area contributed by atoms with Crippen LogP contribution in [0.3, 0.4) is 0 Å². The molecule has 0 saturated heterocycles. The van der Waals surface area contributed by atoms with Gasteiger partial charge in [0.05, 0.1) is 11.1 Å². The van der Waals surface area contributed by atoms with E-state index in [2.05, 4.69) is 325 Å². The quantitative estimate of drug-likeness (QED) is 0.127. The van der Waals surface area contributed by atoms with Gasteiger partial charge < -0.3 is 9.80 Å². The maximum absolute atomic E-state index is 2.49. The van der Waals surface area contributed by atoms with Crippen molar-refractivity contribution in [3.8, 4) is 44.5 Å². The first-order chi connectivity index (χ1) is 38.2. The summed E-state index contributed by atoms with van der Waals surface area (Å²) in [6.45, 7) is 0. The van der Waals surface area contributed by atoms with Gasteiger partial charge in [-0.1, -0.05) is 243 Å². The minimum Gasteiger partial charge on any atom is -0.310 e. The number of anilines is 6. The van der Waals surface area contributed by atoms with Crippen molar-refractivity contribution in [1.29, 1.82) is 0 Å². The number of hydrogen-bond acceptors (Lipinski definition) is 2. The third-order valence-corrected chi connectivity index (χ3v) is 15.7. The number of nitrogens with zero attached hydrogens (tertiary/aromatic N) is 2. The van der Waals surface area contributed by atoms with Gasteiger partial charge in [0, 0.05) is 34.0 Å². The van der Waals surface area contributed by atoms with E-state index in [4.69, 9.17) is 0 Å². The first-order valence-electron chi connectivity index (χ1n) is 26.6. The van der Waals surface area contributed by atoms with Crippen molar-refractivity contribution in [3.05, 3.63) is 338 Å². The number of fused-ring (bicyclic) bond motifs is 5. The summed E-state index contributed by atoms with van der Waals surface area (Å²) in [7, 11) is 0. The SMILES string of the molecule is c1ccc(-c2cc3ccccc3cc2N(c2ccc(-c3ccccc3-c3cccc(N(c4ccccc4)c4ccc5ccccc5c4)c3)cc2)c2ccc3c(c2)C(c2ccccc2)(c2ccccc2)c2ccccc2-3)cc1. The fourth-order valence-electron chi connectivity index (χ4n) is 12.2. The highest BCUT2D eigenvalue weighted by Gasteiger charge is 2.46. The van der Waals surface area contributed by atoms with Gasteiger partial charge in [-0.3, -0.25) is 0 Å². The molecule has 1 aliphatic carbocycles. The van der Waals surface area contributed by atoms with Crippen LogP contribution in [0.5, 0.6) is 0 Å². The van der Waals surface area contributed by atoms with Crippen LogP contribution in [-0.2, 0) is 5.41 Å². The highest BCUT2D eigenvalue weighted by molar-refractivity contribution is 6.00. The van der Waals surface area contributed by atoms with Crippen LogP contribution in [0.1, 0.15) is 22.3 Å².